The standard InChI is InChI=1S/2C35H40N2O4/c1-25-9-6-12-28(19-25)23-40-33-16-5-4-14-30(33)21-37(18-17-32(36)35(38)39)22-31-15-8-11-27(3)34(31)41-24-29-13-7-10-26(2)20-29;1-25-8-6-10-28(18-25)23-40-33-13-5-4-12-30(33)21-37(17-16-32(36)35(38)39)22-31-15-14-27(3)20-34(31)41-24-29-11-7-9-26(2)19-29/h4-16,19-20,32H,17-18,21-24,36H2,1-3H3,(H,38,39);4-15,18-20,32H,16-17,21-24,36H2,1-3H3,(H,38,39)/t2*32-/m00/s1. The molecule has 2 atom stereocenters. The molecule has 0 bridgehead atoms. The molecule has 428 valence electrons. The lowest BCUT2D eigenvalue weighted by molar-refractivity contribution is -0.139. The van der Waals surface area contributed by atoms with Crippen LogP contribution in [0.4, 0.5) is 0 Å². The SMILES string of the molecule is Cc1cccc(COc2ccccc2CN(CC[C@H](N)C(=O)O)Cc2ccc(C)cc2OCc2cccc(C)c2)c1.Cc1cccc(COc2ccccc2CN(CC[C@H](N)C(=O)O)Cc2cccc(C)c2OCc2cccc(C)c2)c1. The fourth-order valence-corrected chi connectivity index (χ4v) is 9.65. The lowest BCUT2D eigenvalue weighted by atomic mass is 10.1. The molecule has 82 heavy (non-hydrogen) atoms. The van der Waals surface area contributed by atoms with Crippen LogP contribution in [-0.2, 0) is 62.2 Å². The summed E-state index contributed by atoms with van der Waals surface area (Å²) in [5, 5.41) is 18.8. The topological polar surface area (TPSA) is 170 Å². The van der Waals surface area contributed by atoms with Crippen LogP contribution in [0.2, 0.25) is 0 Å². The van der Waals surface area contributed by atoms with E-state index in [-0.39, 0.29) is 0 Å². The second kappa shape index (κ2) is 31.1. The highest BCUT2D eigenvalue weighted by Crippen LogP contribution is 2.30. The van der Waals surface area contributed by atoms with Crippen LogP contribution in [0.25, 0.3) is 0 Å². The van der Waals surface area contributed by atoms with Crippen molar-refractivity contribution in [2.45, 2.75) is 119 Å². The van der Waals surface area contributed by atoms with E-state index >= 15 is 0 Å². The highest BCUT2D eigenvalue weighted by Gasteiger charge is 2.21. The van der Waals surface area contributed by atoms with Crippen molar-refractivity contribution >= 4 is 11.9 Å². The Labute approximate surface area is 484 Å². The third kappa shape index (κ3) is 19.8. The van der Waals surface area contributed by atoms with Crippen LogP contribution in [0, 0.1) is 41.5 Å². The van der Waals surface area contributed by atoms with Crippen LogP contribution in [-0.4, -0.2) is 57.1 Å². The number of benzene rings is 8. The Morgan fingerprint density at radius 3 is 1.15 bits per heavy atom. The fraction of sp³-hybridized carbons (Fsp3) is 0.286. The number of nitrogens with two attached hydrogens (primary N) is 2. The molecule has 0 aliphatic carbocycles. The maximum Gasteiger partial charge on any atom is 0.320 e. The smallest absolute Gasteiger partial charge is 0.320 e. The summed E-state index contributed by atoms with van der Waals surface area (Å²) < 4.78 is 25.2. The number of carboxylic acid groups (broad SMARTS) is 2. The summed E-state index contributed by atoms with van der Waals surface area (Å²) in [5.74, 6) is 1.30. The molecule has 0 saturated heterocycles. The Hall–Kier alpha value is -8.26. The molecule has 8 rings (SSSR count). The summed E-state index contributed by atoms with van der Waals surface area (Å²) in [6.07, 6.45) is 0.653. The lowest BCUT2D eigenvalue weighted by Crippen LogP contribution is -2.35. The number of nitrogens with zero attached hydrogens (tertiary/aromatic N) is 2. The molecule has 8 aromatic carbocycles. The zero-order valence-electron chi connectivity index (χ0n) is 48.4. The van der Waals surface area contributed by atoms with Gasteiger partial charge in [0, 0.05) is 61.5 Å². The summed E-state index contributed by atoms with van der Waals surface area (Å²) in [5.41, 5.74) is 27.3. The maximum absolute atomic E-state index is 11.5. The van der Waals surface area contributed by atoms with E-state index < -0.39 is 24.0 Å². The molecule has 0 radical (unpaired) electrons. The van der Waals surface area contributed by atoms with Gasteiger partial charge in [-0.2, -0.15) is 0 Å². The zero-order valence-corrected chi connectivity index (χ0v) is 48.4. The van der Waals surface area contributed by atoms with Gasteiger partial charge in [-0.25, -0.2) is 0 Å². The van der Waals surface area contributed by atoms with E-state index in [4.69, 9.17) is 30.4 Å². The minimum absolute atomic E-state index is 0.326. The largest absolute Gasteiger partial charge is 0.489 e. The number of rotatable bonds is 28. The molecule has 0 unspecified atom stereocenters. The average Bonchev–Trinajstić information content (AvgIpc) is 3.62. The maximum atomic E-state index is 11.5. The van der Waals surface area contributed by atoms with Gasteiger partial charge < -0.3 is 40.6 Å². The first-order chi connectivity index (χ1) is 39.5. The molecule has 0 saturated carbocycles. The Morgan fingerprint density at radius 2 is 0.732 bits per heavy atom. The van der Waals surface area contributed by atoms with Crippen LogP contribution < -0.4 is 30.4 Å². The van der Waals surface area contributed by atoms with E-state index in [1.54, 1.807) is 0 Å². The number of para-hydroxylation sites is 3. The van der Waals surface area contributed by atoms with Crippen molar-refractivity contribution < 1.29 is 38.7 Å². The van der Waals surface area contributed by atoms with Gasteiger partial charge in [-0.3, -0.25) is 19.4 Å². The molecule has 0 amide bonds. The molecule has 6 N–H and O–H groups in total. The van der Waals surface area contributed by atoms with Gasteiger partial charge in [0.05, 0.1) is 0 Å². The average molecular weight is 1110 g/mol. The predicted octanol–water partition coefficient (Wildman–Crippen LogP) is 13.1. The number of ether oxygens (including phenoxy) is 4. The fourth-order valence-electron chi connectivity index (χ4n) is 9.65. The monoisotopic (exact) mass is 1100 g/mol. The number of hydrogen-bond donors (Lipinski definition) is 4. The first-order valence-corrected chi connectivity index (χ1v) is 28.0. The normalized spacial score (nSPS) is 11.8. The summed E-state index contributed by atoms with van der Waals surface area (Å²) in [4.78, 5) is 27.4. The first kappa shape index (κ1) is 61.4. The van der Waals surface area contributed by atoms with Gasteiger partial charge in [-0.1, -0.05) is 186 Å². The van der Waals surface area contributed by atoms with Crippen molar-refractivity contribution in [3.8, 4) is 23.0 Å². The molecule has 12 heteroatoms. The molecule has 0 aliphatic rings. The number of hydrogen-bond acceptors (Lipinski definition) is 10. The lowest BCUT2D eigenvalue weighted by Gasteiger charge is -2.26. The minimum Gasteiger partial charge on any atom is -0.489 e. The van der Waals surface area contributed by atoms with E-state index in [1.807, 2.05) is 79.7 Å². The highest BCUT2D eigenvalue weighted by atomic mass is 16.5. The summed E-state index contributed by atoms with van der Waals surface area (Å²) >= 11 is 0. The Balaban J connectivity index is 0.000000236. The molecule has 0 aromatic heterocycles. The van der Waals surface area contributed by atoms with Gasteiger partial charge in [-0.15, -0.1) is 0 Å². The Bertz CT molecular complexity index is 3340. The van der Waals surface area contributed by atoms with Crippen LogP contribution in [0.3, 0.4) is 0 Å². The van der Waals surface area contributed by atoms with Gasteiger partial charge >= 0.3 is 11.9 Å². The summed E-state index contributed by atoms with van der Waals surface area (Å²) in [6.45, 7) is 17.6. The third-order valence-electron chi connectivity index (χ3n) is 14.1. The summed E-state index contributed by atoms with van der Waals surface area (Å²) in [7, 11) is 0. The highest BCUT2D eigenvalue weighted by molar-refractivity contribution is 5.73. The molecule has 0 spiro atoms. The van der Waals surface area contributed by atoms with Gasteiger partial charge in [0.25, 0.3) is 0 Å². The zero-order chi connectivity index (χ0) is 58.4. The van der Waals surface area contributed by atoms with Gasteiger partial charge in [0.1, 0.15) is 61.5 Å². The van der Waals surface area contributed by atoms with Crippen molar-refractivity contribution in [2.75, 3.05) is 13.1 Å². The summed E-state index contributed by atoms with van der Waals surface area (Å²) in [6, 6.07) is 59.7. The van der Waals surface area contributed by atoms with Crippen LogP contribution in [0.15, 0.2) is 182 Å². The van der Waals surface area contributed by atoms with Gasteiger partial charge in [0.2, 0.25) is 0 Å². The van der Waals surface area contributed by atoms with Crippen molar-refractivity contribution in [3.63, 3.8) is 0 Å². The van der Waals surface area contributed by atoms with Gasteiger partial charge in [-0.05, 0) is 106 Å². The van der Waals surface area contributed by atoms with Crippen molar-refractivity contribution in [2.24, 2.45) is 11.5 Å². The van der Waals surface area contributed by atoms with E-state index in [1.165, 1.54) is 22.3 Å². The minimum atomic E-state index is -0.996. The molecule has 8 aromatic rings. The predicted molar refractivity (Wildman–Crippen MR) is 326 cm³/mol. The molecular weight excluding hydrogens is 1020 g/mol. The van der Waals surface area contributed by atoms with Crippen molar-refractivity contribution in [1.29, 1.82) is 0 Å². The van der Waals surface area contributed by atoms with E-state index in [0.717, 1.165) is 78.6 Å². The molecule has 0 fully saturated rings. The molecular formula is C70H80N4O8. The van der Waals surface area contributed by atoms with Gasteiger partial charge in [0.15, 0.2) is 0 Å². The first-order valence-electron chi connectivity index (χ1n) is 28.0. The molecule has 12 nitrogen and oxygen atoms in total. The van der Waals surface area contributed by atoms with Crippen LogP contribution in [0.1, 0.15) is 90.7 Å². The molecule has 0 heterocycles. The quantitative estimate of drug-likeness (QED) is 0.0367. The second-order valence-electron chi connectivity index (χ2n) is 21.4. The van der Waals surface area contributed by atoms with E-state index in [0.29, 0.717) is 78.5 Å². The second-order valence-corrected chi connectivity index (χ2v) is 21.4. The van der Waals surface area contributed by atoms with Crippen LogP contribution >= 0.6 is 0 Å². The molecule has 0 aliphatic heterocycles. The van der Waals surface area contributed by atoms with Crippen molar-refractivity contribution in [3.05, 3.63) is 260 Å². The number of carboxylic acids is 2. The Kier molecular flexibility index (Phi) is 23.3. The number of carbonyl (C=O) groups is 2. The van der Waals surface area contributed by atoms with Crippen molar-refractivity contribution in [1.82, 2.24) is 9.80 Å². The number of aryl methyl sites for hydroxylation is 6. The Morgan fingerprint density at radius 1 is 0.390 bits per heavy atom. The number of aliphatic carboxylic acids is 2. The third-order valence-corrected chi connectivity index (χ3v) is 14.1. The van der Waals surface area contributed by atoms with E-state index in [2.05, 4.69) is 154 Å². The van der Waals surface area contributed by atoms with E-state index in [9.17, 15) is 19.8 Å². The van der Waals surface area contributed by atoms with Crippen LogP contribution in [0.5, 0.6) is 23.0 Å².